The molecule has 0 heterocycles. The summed E-state index contributed by atoms with van der Waals surface area (Å²) in [7, 11) is 3.69. The zero-order chi connectivity index (χ0) is 20.4. The molecule has 7 heteroatoms. The first-order valence-corrected chi connectivity index (χ1v) is 10.0. The molecule has 0 radical (unpaired) electrons. The van der Waals surface area contributed by atoms with Crippen molar-refractivity contribution in [2.75, 3.05) is 27.2 Å². The van der Waals surface area contributed by atoms with Gasteiger partial charge in [0.05, 0.1) is 12.6 Å². The summed E-state index contributed by atoms with van der Waals surface area (Å²) in [4.78, 5) is 38.3. The van der Waals surface area contributed by atoms with Crippen LogP contribution >= 0.6 is 0 Å². The van der Waals surface area contributed by atoms with E-state index < -0.39 is 17.7 Å². The minimum absolute atomic E-state index is 0.0106. The molecule has 27 heavy (non-hydrogen) atoms. The van der Waals surface area contributed by atoms with Gasteiger partial charge in [-0.2, -0.15) is 0 Å². The van der Waals surface area contributed by atoms with Gasteiger partial charge < -0.3 is 20.3 Å². The highest BCUT2D eigenvalue weighted by Gasteiger charge is 2.27. The molecule has 0 aromatic carbocycles. The number of nitrogens with one attached hydrogen (secondary N) is 2. The van der Waals surface area contributed by atoms with Crippen molar-refractivity contribution in [2.45, 2.75) is 77.4 Å². The van der Waals surface area contributed by atoms with E-state index in [0.717, 1.165) is 38.5 Å². The number of carbonyl (C=O) groups excluding carboxylic acids is 3. The quantitative estimate of drug-likeness (QED) is 0.566. The Balaban J connectivity index is 2.40. The first-order chi connectivity index (χ1) is 12.6. The molecule has 156 valence electrons. The molecule has 0 aromatic heterocycles. The van der Waals surface area contributed by atoms with Crippen LogP contribution in [-0.2, 0) is 14.3 Å². The maximum Gasteiger partial charge on any atom is 0.407 e. The van der Waals surface area contributed by atoms with Crippen LogP contribution in [0.5, 0.6) is 0 Å². The van der Waals surface area contributed by atoms with Gasteiger partial charge in [0, 0.05) is 12.5 Å². The van der Waals surface area contributed by atoms with E-state index in [-0.39, 0.29) is 17.6 Å². The second kappa shape index (κ2) is 11.3. The fourth-order valence-electron chi connectivity index (χ4n) is 3.19. The lowest BCUT2D eigenvalue weighted by atomic mass is 10.0. The van der Waals surface area contributed by atoms with Crippen LogP contribution in [0, 0.1) is 5.92 Å². The summed E-state index contributed by atoms with van der Waals surface area (Å²) in [6.07, 6.45) is 5.63. The number of Topliss-reactive ketones (excluding diaryl/α,β-unsaturated/α-hetero) is 1. The van der Waals surface area contributed by atoms with E-state index in [4.69, 9.17) is 4.74 Å². The van der Waals surface area contributed by atoms with Crippen molar-refractivity contribution in [1.29, 1.82) is 0 Å². The van der Waals surface area contributed by atoms with Crippen LogP contribution in [-0.4, -0.2) is 61.5 Å². The van der Waals surface area contributed by atoms with Gasteiger partial charge in [-0.1, -0.05) is 12.8 Å². The molecule has 2 amide bonds. The van der Waals surface area contributed by atoms with Crippen molar-refractivity contribution < 1.29 is 19.1 Å². The standard InChI is InChI=1S/C20H37N3O4/c1-20(2,3)27-19(26)21-13-9-8-12-16(17(24)14-23(4)5)22-18(25)15-10-6-7-11-15/h15-16H,6-14H2,1-5H3,(H,21,26)(H,22,25)/t16-/m0/s1. The average Bonchev–Trinajstić information content (AvgIpc) is 3.05. The van der Waals surface area contributed by atoms with Crippen LogP contribution in [0.1, 0.15) is 65.7 Å². The van der Waals surface area contributed by atoms with Gasteiger partial charge in [0.2, 0.25) is 5.91 Å². The van der Waals surface area contributed by atoms with Crippen LogP contribution < -0.4 is 10.6 Å². The molecule has 1 rings (SSSR count). The van der Waals surface area contributed by atoms with Gasteiger partial charge in [0.15, 0.2) is 5.78 Å². The molecule has 7 nitrogen and oxygen atoms in total. The number of amides is 2. The van der Waals surface area contributed by atoms with Crippen molar-refractivity contribution >= 4 is 17.8 Å². The van der Waals surface area contributed by atoms with Gasteiger partial charge in [0.25, 0.3) is 0 Å². The third-order valence-corrected chi connectivity index (χ3v) is 4.49. The van der Waals surface area contributed by atoms with Crippen LogP contribution in [0.25, 0.3) is 0 Å². The predicted molar refractivity (Wildman–Crippen MR) is 106 cm³/mol. The van der Waals surface area contributed by atoms with Crippen molar-refractivity contribution in [3.8, 4) is 0 Å². The number of ether oxygens (including phenoxy) is 1. The Labute approximate surface area is 163 Å². The Hall–Kier alpha value is -1.63. The van der Waals surface area contributed by atoms with E-state index in [1.807, 2.05) is 39.8 Å². The van der Waals surface area contributed by atoms with E-state index >= 15 is 0 Å². The minimum Gasteiger partial charge on any atom is -0.444 e. The summed E-state index contributed by atoms with van der Waals surface area (Å²) < 4.78 is 5.19. The van der Waals surface area contributed by atoms with Crippen LogP contribution in [0.4, 0.5) is 4.79 Å². The van der Waals surface area contributed by atoms with Crippen molar-refractivity contribution in [3.05, 3.63) is 0 Å². The average molecular weight is 384 g/mol. The highest BCUT2D eigenvalue weighted by Crippen LogP contribution is 2.25. The van der Waals surface area contributed by atoms with Gasteiger partial charge >= 0.3 is 6.09 Å². The molecule has 0 saturated heterocycles. The summed E-state index contributed by atoms with van der Waals surface area (Å²) in [5, 5.41) is 5.69. The number of carbonyl (C=O) groups is 3. The second-order valence-electron chi connectivity index (χ2n) is 8.67. The lowest BCUT2D eigenvalue weighted by molar-refractivity contribution is -0.130. The van der Waals surface area contributed by atoms with Crippen LogP contribution in [0.15, 0.2) is 0 Å². The fraction of sp³-hybridized carbons (Fsp3) is 0.850. The maximum absolute atomic E-state index is 12.5. The monoisotopic (exact) mass is 383 g/mol. The Morgan fingerprint density at radius 3 is 2.30 bits per heavy atom. The van der Waals surface area contributed by atoms with Gasteiger partial charge in [0.1, 0.15) is 5.60 Å². The summed E-state index contributed by atoms with van der Waals surface area (Å²) >= 11 is 0. The topological polar surface area (TPSA) is 87.7 Å². The van der Waals surface area contributed by atoms with Crippen LogP contribution in [0.3, 0.4) is 0 Å². The Kier molecular flexibility index (Phi) is 9.77. The second-order valence-corrected chi connectivity index (χ2v) is 8.67. The zero-order valence-corrected chi connectivity index (χ0v) is 17.6. The highest BCUT2D eigenvalue weighted by molar-refractivity contribution is 5.91. The Morgan fingerprint density at radius 1 is 1.11 bits per heavy atom. The third kappa shape index (κ3) is 10.3. The minimum atomic E-state index is -0.516. The molecule has 0 spiro atoms. The lowest BCUT2D eigenvalue weighted by Crippen LogP contribution is -2.46. The SMILES string of the molecule is CN(C)CC(=O)[C@H](CCCCNC(=O)OC(C)(C)C)NC(=O)C1CCCC1. The maximum atomic E-state index is 12.5. The van der Waals surface area contributed by atoms with Gasteiger partial charge in [-0.05, 0) is 67.0 Å². The lowest BCUT2D eigenvalue weighted by Gasteiger charge is -2.22. The van der Waals surface area contributed by atoms with E-state index in [1.165, 1.54) is 0 Å². The third-order valence-electron chi connectivity index (χ3n) is 4.49. The highest BCUT2D eigenvalue weighted by atomic mass is 16.6. The number of rotatable bonds is 10. The first-order valence-electron chi connectivity index (χ1n) is 10.0. The summed E-state index contributed by atoms with van der Waals surface area (Å²) in [5.74, 6) is 0.0939. The molecule has 1 aliphatic rings. The smallest absolute Gasteiger partial charge is 0.407 e. The summed E-state index contributed by atoms with van der Waals surface area (Å²) in [6, 6.07) is -0.456. The molecule has 0 aliphatic heterocycles. The summed E-state index contributed by atoms with van der Waals surface area (Å²) in [5.41, 5.74) is -0.516. The van der Waals surface area contributed by atoms with Crippen molar-refractivity contribution in [2.24, 2.45) is 5.92 Å². The number of likely N-dealkylation sites (N-methyl/N-ethyl adjacent to an activating group) is 1. The first kappa shape index (κ1) is 23.4. The van der Waals surface area contributed by atoms with E-state index in [9.17, 15) is 14.4 Å². The Bertz CT molecular complexity index is 494. The molecule has 1 aliphatic carbocycles. The number of unbranched alkanes of at least 4 members (excludes halogenated alkanes) is 1. The van der Waals surface area contributed by atoms with Crippen molar-refractivity contribution in [3.63, 3.8) is 0 Å². The van der Waals surface area contributed by atoms with E-state index in [0.29, 0.717) is 19.5 Å². The van der Waals surface area contributed by atoms with Gasteiger partial charge in [-0.3, -0.25) is 9.59 Å². The van der Waals surface area contributed by atoms with Crippen molar-refractivity contribution in [1.82, 2.24) is 15.5 Å². The molecular weight excluding hydrogens is 346 g/mol. The molecule has 1 atom stereocenters. The van der Waals surface area contributed by atoms with Gasteiger partial charge in [-0.15, -0.1) is 0 Å². The Morgan fingerprint density at radius 2 is 1.74 bits per heavy atom. The van der Waals surface area contributed by atoms with Gasteiger partial charge in [-0.25, -0.2) is 4.79 Å². The molecule has 0 unspecified atom stereocenters. The molecule has 0 bridgehead atoms. The van der Waals surface area contributed by atoms with E-state index in [2.05, 4.69) is 10.6 Å². The number of ketones is 1. The van der Waals surface area contributed by atoms with E-state index in [1.54, 1.807) is 0 Å². The molecule has 1 fully saturated rings. The largest absolute Gasteiger partial charge is 0.444 e. The molecule has 0 aromatic rings. The van der Waals surface area contributed by atoms with Crippen LogP contribution in [0.2, 0.25) is 0 Å². The number of hydrogen-bond acceptors (Lipinski definition) is 5. The normalized spacial score (nSPS) is 16.2. The fourth-order valence-corrected chi connectivity index (χ4v) is 3.19. The zero-order valence-electron chi connectivity index (χ0n) is 17.6. The molecular formula is C20H37N3O4. The molecule has 1 saturated carbocycles. The predicted octanol–water partition coefficient (Wildman–Crippen LogP) is 2.49. The molecule has 2 N–H and O–H groups in total. The number of hydrogen-bond donors (Lipinski definition) is 2. The summed E-state index contributed by atoms with van der Waals surface area (Å²) in [6.45, 7) is 6.26. The number of alkyl carbamates (subject to hydrolysis) is 1. The number of nitrogens with zero attached hydrogens (tertiary/aromatic N) is 1.